The topological polar surface area (TPSA) is 63.6 Å². The fourth-order valence-electron chi connectivity index (χ4n) is 4.99. The van der Waals surface area contributed by atoms with Gasteiger partial charge in [-0.1, -0.05) is 116 Å². The van der Waals surface area contributed by atoms with Gasteiger partial charge in [0.15, 0.2) is 0 Å². The first-order valence-corrected chi connectivity index (χ1v) is 14.6. The van der Waals surface area contributed by atoms with E-state index in [0.29, 0.717) is 6.42 Å². The Morgan fingerprint density at radius 3 is 1.82 bits per heavy atom. The number of carbonyl (C=O) groups is 2. The normalized spacial score (nSPS) is 18.8. The summed E-state index contributed by atoms with van der Waals surface area (Å²) in [5, 5.41) is 9.52. The lowest BCUT2D eigenvalue weighted by Crippen LogP contribution is -2.33. The number of unbranched alkanes of at least 4 members (excludes halogenated alkanes) is 12. The van der Waals surface area contributed by atoms with E-state index in [-0.39, 0.29) is 12.1 Å². The number of allylic oxidation sites excluding steroid dienone is 1. The Labute approximate surface area is 210 Å². The first-order valence-electron chi connectivity index (χ1n) is 14.6. The average molecular weight is 479 g/mol. The predicted molar refractivity (Wildman–Crippen MR) is 142 cm³/mol. The van der Waals surface area contributed by atoms with Crippen LogP contribution in [0.2, 0.25) is 0 Å². The lowest BCUT2D eigenvalue weighted by atomic mass is 9.84. The zero-order chi connectivity index (χ0) is 25.0. The molecule has 1 N–H and O–H groups in total. The summed E-state index contributed by atoms with van der Waals surface area (Å²) in [5.41, 5.74) is 0. The van der Waals surface area contributed by atoms with Gasteiger partial charge in [-0.15, -0.1) is 0 Å². The summed E-state index contributed by atoms with van der Waals surface area (Å²) < 4.78 is 5.94. The molecule has 4 nitrogen and oxygen atoms in total. The molecule has 198 valence electrons. The summed E-state index contributed by atoms with van der Waals surface area (Å²) >= 11 is 0. The van der Waals surface area contributed by atoms with Crippen LogP contribution in [0.4, 0.5) is 0 Å². The van der Waals surface area contributed by atoms with E-state index >= 15 is 0 Å². The molecule has 4 heteroatoms. The smallest absolute Gasteiger partial charge is 0.313 e. The zero-order valence-electron chi connectivity index (χ0n) is 22.6. The monoisotopic (exact) mass is 478 g/mol. The van der Waals surface area contributed by atoms with Crippen LogP contribution in [0.5, 0.6) is 0 Å². The third-order valence-corrected chi connectivity index (χ3v) is 7.23. The maximum absolute atomic E-state index is 12.9. The van der Waals surface area contributed by atoms with Crippen LogP contribution in [-0.2, 0) is 14.3 Å². The number of hydrogen-bond donors (Lipinski definition) is 1. The van der Waals surface area contributed by atoms with E-state index in [2.05, 4.69) is 20.8 Å². The van der Waals surface area contributed by atoms with Crippen LogP contribution < -0.4 is 0 Å². The summed E-state index contributed by atoms with van der Waals surface area (Å²) in [6, 6.07) is 0. The number of esters is 1. The standard InChI is InChI=1S/C30H54O4/c1-4-5-6-7-8-9-10-11-12-16-21-26(22-17-14-13-15-20-25(2)3)34-30(33)28-24-19-18-23-27(28)29(31)32/h19,24-28H,4-18,20-23H2,1-3H3,(H,31,32). The fourth-order valence-corrected chi connectivity index (χ4v) is 4.99. The third-order valence-electron chi connectivity index (χ3n) is 7.23. The summed E-state index contributed by atoms with van der Waals surface area (Å²) in [7, 11) is 0. The molecule has 0 saturated carbocycles. The van der Waals surface area contributed by atoms with Gasteiger partial charge in [-0.2, -0.15) is 0 Å². The third kappa shape index (κ3) is 14.8. The van der Waals surface area contributed by atoms with Gasteiger partial charge in [-0.05, 0) is 44.4 Å². The Morgan fingerprint density at radius 2 is 1.32 bits per heavy atom. The van der Waals surface area contributed by atoms with Gasteiger partial charge >= 0.3 is 11.9 Å². The lowest BCUT2D eigenvalue weighted by Gasteiger charge is -2.26. The van der Waals surface area contributed by atoms with Crippen molar-refractivity contribution >= 4 is 11.9 Å². The highest BCUT2D eigenvalue weighted by molar-refractivity contribution is 5.83. The molecule has 0 amide bonds. The number of rotatable bonds is 21. The van der Waals surface area contributed by atoms with Gasteiger partial charge in [-0.25, -0.2) is 0 Å². The molecule has 0 saturated heterocycles. The number of hydrogen-bond acceptors (Lipinski definition) is 3. The highest BCUT2D eigenvalue weighted by Crippen LogP contribution is 2.28. The first kappa shape index (κ1) is 30.7. The molecular formula is C30H54O4. The van der Waals surface area contributed by atoms with Crippen molar-refractivity contribution in [1.29, 1.82) is 0 Å². The van der Waals surface area contributed by atoms with E-state index < -0.39 is 17.8 Å². The first-order chi connectivity index (χ1) is 16.5. The van der Waals surface area contributed by atoms with Crippen molar-refractivity contribution in [2.75, 3.05) is 0 Å². The van der Waals surface area contributed by atoms with Gasteiger partial charge in [0.2, 0.25) is 0 Å². The van der Waals surface area contributed by atoms with E-state index in [9.17, 15) is 14.7 Å². The average Bonchev–Trinajstić information content (AvgIpc) is 2.81. The Morgan fingerprint density at radius 1 is 0.824 bits per heavy atom. The maximum atomic E-state index is 12.9. The summed E-state index contributed by atoms with van der Waals surface area (Å²) in [6.07, 6.45) is 25.7. The molecule has 0 heterocycles. The zero-order valence-corrected chi connectivity index (χ0v) is 22.6. The molecule has 0 bridgehead atoms. The molecule has 34 heavy (non-hydrogen) atoms. The number of ether oxygens (including phenoxy) is 1. The fraction of sp³-hybridized carbons (Fsp3) is 0.867. The van der Waals surface area contributed by atoms with Crippen molar-refractivity contribution in [1.82, 2.24) is 0 Å². The quantitative estimate of drug-likeness (QED) is 0.102. The van der Waals surface area contributed by atoms with Gasteiger partial charge in [-0.3, -0.25) is 9.59 Å². The summed E-state index contributed by atoms with van der Waals surface area (Å²) in [6.45, 7) is 6.80. The van der Waals surface area contributed by atoms with Crippen LogP contribution in [0.3, 0.4) is 0 Å². The molecule has 3 atom stereocenters. The molecule has 1 rings (SSSR count). The van der Waals surface area contributed by atoms with Crippen molar-refractivity contribution in [3.63, 3.8) is 0 Å². The van der Waals surface area contributed by atoms with Crippen LogP contribution in [0, 0.1) is 17.8 Å². The SMILES string of the molecule is CCCCCCCCCCCCC(CCCCCCC(C)C)OC(=O)C1C=CCCC1C(=O)O. The molecule has 1 aliphatic carbocycles. The second-order valence-corrected chi connectivity index (χ2v) is 10.9. The van der Waals surface area contributed by atoms with Gasteiger partial charge in [0.1, 0.15) is 6.10 Å². The van der Waals surface area contributed by atoms with Gasteiger partial charge in [0.25, 0.3) is 0 Å². The van der Waals surface area contributed by atoms with Crippen molar-refractivity contribution in [2.24, 2.45) is 17.8 Å². The van der Waals surface area contributed by atoms with E-state index in [1.54, 1.807) is 6.08 Å². The van der Waals surface area contributed by atoms with Crippen LogP contribution >= 0.6 is 0 Å². The second-order valence-electron chi connectivity index (χ2n) is 10.9. The molecule has 0 aromatic rings. The largest absolute Gasteiger partial charge is 0.481 e. The van der Waals surface area contributed by atoms with E-state index in [1.807, 2.05) is 6.08 Å². The van der Waals surface area contributed by atoms with Gasteiger partial charge in [0.05, 0.1) is 11.8 Å². The van der Waals surface area contributed by atoms with E-state index in [0.717, 1.165) is 38.0 Å². The number of carboxylic acid groups (broad SMARTS) is 1. The number of aliphatic carboxylic acids is 1. The van der Waals surface area contributed by atoms with E-state index in [4.69, 9.17) is 4.74 Å². The molecule has 0 aromatic carbocycles. The van der Waals surface area contributed by atoms with Gasteiger partial charge in [0, 0.05) is 0 Å². The Kier molecular flexibility index (Phi) is 18.0. The molecule has 3 unspecified atom stereocenters. The van der Waals surface area contributed by atoms with Crippen LogP contribution in [0.15, 0.2) is 12.2 Å². The van der Waals surface area contributed by atoms with Crippen molar-refractivity contribution in [3.05, 3.63) is 12.2 Å². The number of carbonyl (C=O) groups excluding carboxylic acids is 1. The van der Waals surface area contributed by atoms with Crippen LogP contribution in [0.1, 0.15) is 143 Å². The van der Waals surface area contributed by atoms with Crippen molar-refractivity contribution < 1.29 is 19.4 Å². The summed E-state index contributed by atoms with van der Waals surface area (Å²) in [4.78, 5) is 24.5. The van der Waals surface area contributed by atoms with Gasteiger partial charge < -0.3 is 9.84 Å². The second kappa shape index (κ2) is 19.9. The maximum Gasteiger partial charge on any atom is 0.313 e. The lowest BCUT2D eigenvalue weighted by molar-refractivity contribution is -0.160. The van der Waals surface area contributed by atoms with Crippen molar-refractivity contribution in [2.45, 2.75) is 149 Å². The minimum atomic E-state index is -0.886. The van der Waals surface area contributed by atoms with Crippen LogP contribution in [0.25, 0.3) is 0 Å². The predicted octanol–water partition coefficient (Wildman–Crippen LogP) is 8.87. The molecule has 0 spiro atoms. The molecule has 0 fully saturated rings. The minimum absolute atomic E-state index is 0.0728. The number of carboxylic acids is 1. The highest BCUT2D eigenvalue weighted by Gasteiger charge is 2.35. The molecular weight excluding hydrogens is 424 g/mol. The molecule has 0 aromatic heterocycles. The molecule has 0 radical (unpaired) electrons. The molecule has 1 aliphatic rings. The van der Waals surface area contributed by atoms with Crippen molar-refractivity contribution in [3.8, 4) is 0 Å². The Bertz CT molecular complexity index is 554. The minimum Gasteiger partial charge on any atom is -0.481 e. The highest BCUT2D eigenvalue weighted by atomic mass is 16.5. The van der Waals surface area contributed by atoms with E-state index in [1.165, 1.54) is 83.5 Å². The molecule has 0 aliphatic heterocycles. The Balaban J connectivity index is 2.40. The summed E-state index contributed by atoms with van der Waals surface area (Å²) in [5.74, 6) is -1.74. The van der Waals surface area contributed by atoms with Crippen LogP contribution in [-0.4, -0.2) is 23.1 Å². The Hall–Kier alpha value is -1.32.